The molecule has 0 bridgehead atoms. The monoisotopic (exact) mass is 386 g/mol. The highest BCUT2D eigenvalue weighted by molar-refractivity contribution is 9.11. The van der Waals surface area contributed by atoms with Crippen molar-refractivity contribution >= 4 is 47.6 Å². The lowest BCUT2D eigenvalue weighted by Gasteiger charge is -2.12. The molecule has 5 nitrogen and oxygen atoms in total. The zero-order valence-corrected chi connectivity index (χ0v) is 12.9. The van der Waals surface area contributed by atoms with E-state index in [1.807, 2.05) is 0 Å². The van der Waals surface area contributed by atoms with Crippen LogP contribution in [0.4, 0.5) is 5.69 Å². The number of sulfonamides is 1. The van der Waals surface area contributed by atoms with Gasteiger partial charge in [0.1, 0.15) is 4.90 Å². The summed E-state index contributed by atoms with van der Waals surface area (Å²) in [6.07, 6.45) is -0.764. The van der Waals surface area contributed by atoms with E-state index in [0.29, 0.717) is 8.95 Å². The Morgan fingerprint density at radius 3 is 2.53 bits per heavy atom. The zero-order valence-electron chi connectivity index (χ0n) is 8.94. The van der Waals surface area contributed by atoms with Gasteiger partial charge in [0.05, 0.1) is 11.8 Å². The van der Waals surface area contributed by atoms with Gasteiger partial charge in [-0.05, 0) is 35.0 Å². The van der Waals surface area contributed by atoms with Gasteiger partial charge >= 0.3 is 0 Å². The highest BCUT2D eigenvalue weighted by Crippen LogP contribution is 2.31. The molecular weight excluding hydrogens is 376 g/mol. The second kappa shape index (κ2) is 5.66. The molecule has 1 atom stereocenters. The van der Waals surface area contributed by atoms with Crippen molar-refractivity contribution in [1.29, 1.82) is 0 Å². The van der Waals surface area contributed by atoms with E-state index in [-0.39, 0.29) is 17.1 Å². The van der Waals surface area contributed by atoms with E-state index in [1.165, 1.54) is 13.0 Å². The van der Waals surface area contributed by atoms with Crippen LogP contribution in [0.15, 0.2) is 26.0 Å². The fraction of sp³-hybridized carbons (Fsp3) is 0.333. The van der Waals surface area contributed by atoms with Gasteiger partial charge in [0, 0.05) is 15.5 Å². The number of benzene rings is 1. The Hall–Kier alpha value is -0.150. The van der Waals surface area contributed by atoms with Crippen molar-refractivity contribution in [3.8, 4) is 0 Å². The summed E-state index contributed by atoms with van der Waals surface area (Å²) in [5.74, 6) is 0. The minimum atomic E-state index is -3.74. The molecule has 0 saturated heterocycles. The molecule has 0 radical (unpaired) electrons. The highest BCUT2D eigenvalue weighted by Gasteiger charge is 2.21. The number of aliphatic hydroxyl groups excluding tert-OH is 1. The molecule has 0 aliphatic rings. The Morgan fingerprint density at radius 1 is 1.47 bits per heavy atom. The van der Waals surface area contributed by atoms with Crippen molar-refractivity contribution in [1.82, 2.24) is 4.72 Å². The number of halogens is 2. The minimum absolute atomic E-state index is 0.0265. The van der Waals surface area contributed by atoms with Crippen molar-refractivity contribution < 1.29 is 13.5 Å². The fourth-order valence-corrected chi connectivity index (χ4v) is 4.35. The standard InChI is InChI=1S/C9H12Br2N2O3S/c1-5(14)4-13-17(15,16)9-7(11)2-6(10)3-8(9)12/h2-3,5,13-14H,4,12H2,1H3/t5-/m0/s1. The molecule has 1 aromatic carbocycles. The molecule has 0 heterocycles. The Balaban J connectivity index is 3.16. The first-order chi connectivity index (χ1) is 7.74. The lowest BCUT2D eigenvalue weighted by atomic mass is 10.3. The molecule has 0 aliphatic heterocycles. The van der Waals surface area contributed by atoms with Crippen LogP contribution in [0.2, 0.25) is 0 Å². The maximum absolute atomic E-state index is 11.9. The fourth-order valence-electron chi connectivity index (χ4n) is 1.17. The largest absolute Gasteiger partial charge is 0.398 e. The van der Waals surface area contributed by atoms with E-state index >= 15 is 0 Å². The lowest BCUT2D eigenvalue weighted by Crippen LogP contribution is -2.31. The number of hydrogen-bond acceptors (Lipinski definition) is 4. The zero-order chi connectivity index (χ0) is 13.2. The molecule has 1 aromatic rings. The molecule has 0 aromatic heterocycles. The van der Waals surface area contributed by atoms with Crippen LogP contribution in [0.3, 0.4) is 0 Å². The maximum atomic E-state index is 11.9. The predicted molar refractivity (Wildman–Crippen MR) is 73.1 cm³/mol. The first-order valence-corrected chi connectivity index (χ1v) is 7.73. The molecule has 0 saturated carbocycles. The molecule has 0 amide bonds. The summed E-state index contributed by atoms with van der Waals surface area (Å²) in [6, 6.07) is 3.09. The van der Waals surface area contributed by atoms with Gasteiger partial charge in [-0.2, -0.15) is 0 Å². The van der Waals surface area contributed by atoms with Crippen LogP contribution >= 0.6 is 31.9 Å². The second-order valence-electron chi connectivity index (χ2n) is 3.51. The molecule has 96 valence electrons. The molecule has 8 heteroatoms. The number of anilines is 1. The van der Waals surface area contributed by atoms with Crippen molar-refractivity contribution in [2.45, 2.75) is 17.9 Å². The van der Waals surface area contributed by atoms with Gasteiger partial charge in [-0.25, -0.2) is 13.1 Å². The number of nitrogens with two attached hydrogens (primary N) is 1. The van der Waals surface area contributed by atoms with Crippen LogP contribution in [-0.4, -0.2) is 26.2 Å². The summed E-state index contributed by atoms with van der Waals surface area (Å²) in [6.45, 7) is 1.42. The van der Waals surface area contributed by atoms with Gasteiger partial charge in [-0.15, -0.1) is 0 Å². The van der Waals surface area contributed by atoms with Gasteiger partial charge < -0.3 is 10.8 Å². The first kappa shape index (κ1) is 14.9. The lowest BCUT2D eigenvalue weighted by molar-refractivity contribution is 0.198. The number of hydrogen-bond donors (Lipinski definition) is 3. The van der Waals surface area contributed by atoms with E-state index in [0.717, 1.165) is 0 Å². The average Bonchev–Trinajstić information content (AvgIpc) is 2.12. The van der Waals surface area contributed by atoms with Gasteiger partial charge in [-0.1, -0.05) is 15.9 Å². The van der Waals surface area contributed by atoms with E-state index < -0.39 is 16.1 Å². The number of aliphatic hydroxyl groups is 1. The molecule has 0 fully saturated rings. The normalized spacial score (nSPS) is 13.6. The maximum Gasteiger partial charge on any atom is 0.243 e. The summed E-state index contributed by atoms with van der Waals surface area (Å²) < 4.78 is 27.2. The predicted octanol–water partition coefficient (Wildman–Crippen LogP) is 1.45. The van der Waals surface area contributed by atoms with E-state index in [2.05, 4.69) is 36.6 Å². The summed E-state index contributed by atoms with van der Waals surface area (Å²) in [5, 5.41) is 9.07. The minimum Gasteiger partial charge on any atom is -0.398 e. The molecule has 17 heavy (non-hydrogen) atoms. The van der Waals surface area contributed by atoms with E-state index in [1.54, 1.807) is 6.07 Å². The second-order valence-corrected chi connectivity index (χ2v) is 6.98. The van der Waals surface area contributed by atoms with Crippen molar-refractivity contribution in [2.75, 3.05) is 12.3 Å². The van der Waals surface area contributed by atoms with Crippen LogP contribution in [0, 0.1) is 0 Å². The van der Waals surface area contributed by atoms with Crippen LogP contribution < -0.4 is 10.5 Å². The summed E-state index contributed by atoms with van der Waals surface area (Å²) in [4.78, 5) is -0.0265. The third kappa shape index (κ3) is 3.92. The summed E-state index contributed by atoms with van der Waals surface area (Å²) in [7, 11) is -3.74. The molecule has 0 aliphatic carbocycles. The van der Waals surface area contributed by atoms with Crippen LogP contribution in [0.25, 0.3) is 0 Å². The van der Waals surface area contributed by atoms with Crippen molar-refractivity contribution in [3.05, 3.63) is 21.1 Å². The van der Waals surface area contributed by atoms with E-state index in [9.17, 15) is 8.42 Å². The Morgan fingerprint density at radius 2 is 2.06 bits per heavy atom. The number of rotatable bonds is 4. The molecule has 4 N–H and O–H groups in total. The third-order valence-electron chi connectivity index (χ3n) is 1.87. The smallest absolute Gasteiger partial charge is 0.243 e. The molecular formula is C9H12Br2N2O3S. The van der Waals surface area contributed by atoms with Crippen LogP contribution in [-0.2, 0) is 10.0 Å². The van der Waals surface area contributed by atoms with Gasteiger partial charge in [-0.3, -0.25) is 0 Å². The van der Waals surface area contributed by atoms with Gasteiger partial charge in [0.15, 0.2) is 0 Å². The van der Waals surface area contributed by atoms with Gasteiger partial charge in [0.25, 0.3) is 0 Å². The SMILES string of the molecule is C[C@H](O)CNS(=O)(=O)c1c(N)cc(Br)cc1Br. The number of nitrogen functional groups attached to an aromatic ring is 1. The highest BCUT2D eigenvalue weighted by atomic mass is 79.9. The number of nitrogens with one attached hydrogen (secondary N) is 1. The first-order valence-electron chi connectivity index (χ1n) is 4.66. The molecule has 1 rings (SSSR count). The van der Waals surface area contributed by atoms with Crippen LogP contribution in [0.1, 0.15) is 6.92 Å². The Kier molecular flexibility index (Phi) is 4.96. The average molecular weight is 388 g/mol. The van der Waals surface area contributed by atoms with E-state index in [4.69, 9.17) is 10.8 Å². The summed E-state index contributed by atoms with van der Waals surface area (Å²) >= 11 is 6.36. The third-order valence-corrected chi connectivity index (χ3v) is 4.76. The quantitative estimate of drug-likeness (QED) is 0.681. The summed E-state index contributed by atoms with van der Waals surface area (Å²) in [5.41, 5.74) is 5.80. The molecule has 0 spiro atoms. The molecule has 0 unspecified atom stereocenters. The van der Waals surface area contributed by atoms with Gasteiger partial charge in [0.2, 0.25) is 10.0 Å². The van der Waals surface area contributed by atoms with Crippen molar-refractivity contribution in [3.63, 3.8) is 0 Å². The Labute approximate surface area is 117 Å². The Bertz CT molecular complexity index is 494. The van der Waals surface area contributed by atoms with Crippen LogP contribution in [0.5, 0.6) is 0 Å². The van der Waals surface area contributed by atoms with Crippen molar-refractivity contribution in [2.24, 2.45) is 0 Å². The topological polar surface area (TPSA) is 92.4 Å².